The van der Waals surface area contributed by atoms with Crippen LogP contribution in [0.5, 0.6) is 0 Å². The van der Waals surface area contributed by atoms with E-state index < -0.39 is 17.9 Å². The van der Waals surface area contributed by atoms with Crippen molar-refractivity contribution in [2.75, 3.05) is 7.11 Å². The Morgan fingerprint density at radius 1 is 0.735 bits per heavy atom. The number of rotatable bonds is 20. The summed E-state index contributed by atoms with van der Waals surface area (Å²) in [7, 11) is 1.20. The predicted molar refractivity (Wildman–Crippen MR) is 139 cm³/mol. The van der Waals surface area contributed by atoms with E-state index in [9.17, 15) is 19.5 Å². The Balaban J connectivity index is 0. The van der Waals surface area contributed by atoms with Crippen molar-refractivity contribution in [2.45, 2.75) is 117 Å². The minimum Gasteiger partial charge on any atom is -0.478 e. The number of carboxylic acid groups (broad SMARTS) is 2. The van der Waals surface area contributed by atoms with Crippen LogP contribution in [-0.2, 0) is 19.1 Å². The summed E-state index contributed by atoms with van der Waals surface area (Å²) in [5.41, 5.74) is 0.652. The topological polar surface area (TPSA) is 101 Å². The van der Waals surface area contributed by atoms with Gasteiger partial charge >= 0.3 is 17.9 Å². The van der Waals surface area contributed by atoms with Crippen molar-refractivity contribution in [1.82, 2.24) is 0 Å². The fourth-order valence-electron chi connectivity index (χ4n) is 3.32. The molecule has 0 fully saturated rings. The molecule has 0 radical (unpaired) electrons. The molecule has 0 aliphatic rings. The number of carbonyl (C=O) groups is 3. The van der Waals surface area contributed by atoms with E-state index in [0.29, 0.717) is 5.57 Å². The highest BCUT2D eigenvalue weighted by atomic mass is 16.5. The Bertz CT molecular complexity index is 618. The molecule has 0 aromatic heterocycles. The molecular weight excluding hydrogens is 432 g/mol. The molecule has 0 aliphatic heterocycles. The van der Waals surface area contributed by atoms with Crippen LogP contribution in [0.4, 0.5) is 0 Å². The molecule has 0 amide bonds. The van der Waals surface area contributed by atoms with Crippen molar-refractivity contribution < 1.29 is 29.3 Å². The molecule has 0 rings (SSSR count). The van der Waals surface area contributed by atoms with Crippen LogP contribution in [0.15, 0.2) is 36.0 Å². The number of carbonyl (C=O) groups excluding carboxylic acids is 1. The van der Waals surface area contributed by atoms with E-state index in [1.807, 2.05) is 6.08 Å². The number of hydrogen-bond donors (Lipinski definition) is 2. The predicted octanol–water partition coefficient (Wildman–Crippen LogP) is 7.64. The fourth-order valence-corrected chi connectivity index (χ4v) is 3.32. The second-order valence-electron chi connectivity index (χ2n) is 8.50. The third-order valence-electron chi connectivity index (χ3n) is 5.40. The van der Waals surface area contributed by atoms with Crippen molar-refractivity contribution in [2.24, 2.45) is 0 Å². The largest absolute Gasteiger partial charge is 0.478 e. The lowest BCUT2D eigenvalue weighted by Gasteiger charge is -2.04. The van der Waals surface area contributed by atoms with Gasteiger partial charge in [-0.1, -0.05) is 104 Å². The molecule has 2 N–H and O–H groups in total. The number of aliphatic carboxylic acids is 2. The van der Waals surface area contributed by atoms with Crippen molar-refractivity contribution >= 4 is 17.9 Å². The zero-order valence-corrected chi connectivity index (χ0v) is 21.8. The number of carboxylic acids is 2. The van der Waals surface area contributed by atoms with Crippen molar-refractivity contribution in [3.8, 4) is 0 Å². The highest BCUT2D eigenvalue weighted by Gasteiger charge is 2.06. The number of allylic oxidation sites excluding steroid dienone is 1. The summed E-state index contributed by atoms with van der Waals surface area (Å²) in [6.45, 7) is 7.74. The summed E-state index contributed by atoms with van der Waals surface area (Å²) >= 11 is 0. The molecule has 34 heavy (non-hydrogen) atoms. The van der Waals surface area contributed by atoms with Gasteiger partial charge in [0.25, 0.3) is 0 Å². The number of methoxy groups -OCH3 is 1. The lowest BCUT2D eigenvalue weighted by molar-refractivity contribution is -0.135. The second-order valence-corrected chi connectivity index (χ2v) is 8.50. The van der Waals surface area contributed by atoms with Crippen LogP contribution in [0, 0.1) is 0 Å². The standard InChI is InChI=1S/C21H40O2.C7H8O4/c1-3-5-7-9-11-13-15-17-19-20(21(22)23)18-16-14-12-10-8-6-4-2;1-5(7(10)11-2)3-4-6(8)9/h18H,3-17,19H2,1-2H3,(H,22,23);3-4H,1H2,2H3,(H,8,9). The summed E-state index contributed by atoms with van der Waals surface area (Å²) < 4.78 is 4.26. The molecule has 0 unspecified atom stereocenters. The van der Waals surface area contributed by atoms with Crippen molar-refractivity contribution in [3.05, 3.63) is 36.0 Å². The van der Waals surface area contributed by atoms with Gasteiger partial charge in [-0.25, -0.2) is 14.4 Å². The molecule has 6 heteroatoms. The van der Waals surface area contributed by atoms with Gasteiger partial charge in [-0.2, -0.15) is 0 Å². The highest BCUT2D eigenvalue weighted by Crippen LogP contribution is 2.15. The second kappa shape index (κ2) is 25.3. The Hall–Kier alpha value is -2.37. The van der Waals surface area contributed by atoms with Gasteiger partial charge in [0.1, 0.15) is 0 Å². The normalized spacial score (nSPS) is 11.1. The Kier molecular flexibility index (Phi) is 25.1. The highest BCUT2D eigenvalue weighted by molar-refractivity contribution is 5.92. The van der Waals surface area contributed by atoms with Crippen LogP contribution in [0.3, 0.4) is 0 Å². The van der Waals surface area contributed by atoms with E-state index in [4.69, 9.17) is 5.11 Å². The third-order valence-corrected chi connectivity index (χ3v) is 5.40. The van der Waals surface area contributed by atoms with Crippen LogP contribution in [0.1, 0.15) is 117 Å². The lowest BCUT2D eigenvalue weighted by atomic mass is 10.0. The van der Waals surface area contributed by atoms with Crippen LogP contribution >= 0.6 is 0 Å². The first-order valence-corrected chi connectivity index (χ1v) is 12.9. The van der Waals surface area contributed by atoms with Gasteiger partial charge in [-0.15, -0.1) is 0 Å². The Labute approximate surface area is 207 Å². The van der Waals surface area contributed by atoms with E-state index in [-0.39, 0.29) is 5.57 Å². The lowest BCUT2D eigenvalue weighted by Crippen LogP contribution is -2.01. The summed E-state index contributed by atoms with van der Waals surface area (Å²) in [6.07, 6.45) is 23.3. The quantitative estimate of drug-likeness (QED) is 0.0803. The van der Waals surface area contributed by atoms with Gasteiger partial charge in [0, 0.05) is 11.6 Å². The molecule has 0 saturated carbocycles. The molecule has 0 bridgehead atoms. The first-order valence-electron chi connectivity index (χ1n) is 12.9. The summed E-state index contributed by atoms with van der Waals surface area (Å²) in [6, 6.07) is 0. The number of esters is 1. The average Bonchev–Trinajstić information content (AvgIpc) is 2.81. The fraction of sp³-hybridized carbons (Fsp3) is 0.679. The van der Waals surface area contributed by atoms with Gasteiger partial charge < -0.3 is 14.9 Å². The minimum absolute atomic E-state index is 0.00917. The summed E-state index contributed by atoms with van der Waals surface area (Å²) in [4.78, 5) is 31.8. The van der Waals surface area contributed by atoms with E-state index in [2.05, 4.69) is 25.2 Å². The summed E-state index contributed by atoms with van der Waals surface area (Å²) in [5, 5.41) is 17.4. The molecule has 196 valence electrons. The zero-order chi connectivity index (χ0) is 26.0. The molecule has 0 aromatic rings. The van der Waals surface area contributed by atoms with E-state index in [1.54, 1.807) is 0 Å². The molecule has 0 aliphatic carbocycles. The molecule has 0 aromatic carbocycles. The minimum atomic E-state index is -1.13. The van der Waals surface area contributed by atoms with Gasteiger partial charge in [0.15, 0.2) is 0 Å². The summed E-state index contributed by atoms with van der Waals surface area (Å²) in [5.74, 6) is -2.48. The average molecular weight is 481 g/mol. The van der Waals surface area contributed by atoms with E-state index in [0.717, 1.165) is 37.8 Å². The molecule has 0 atom stereocenters. The van der Waals surface area contributed by atoms with Crippen molar-refractivity contribution in [3.63, 3.8) is 0 Å². The van der Waals surface area contributed by atoms with Crippen LogP contribution < -0.4 is 0 Å². The first-order chi connectivity index (χ1) is 16.3. The van der Waals surface area contributed by atoms with Crippen molar-refractivity contribution in [1.29, 1.82) is 0 Å². The third kappa shape index (κ3) is 24.3. The molecule has 0 spiro atoms. The van der Waals surface area contributed by atoms with Crippen LogP contribution in [0.2, 0.25) is 0 Å². The molecule has 0 saturated heterocycles. The Morgan fingerprint density at radius 2 is 1.21 bits per heavy atom. The van der Waals surface area contributed by atoms with Gasteiger partial charge in [-0.05, 0) is 31.8 Å². The molecule has 6 nitrogen and oxygen atoms in total. The monoisotopic (exact) mass is 480 g/mol. The maximum Gasteiger partial charge on any atom is 0.337 e. The van der Waals surface area contributed by atoms with Gasteiger partial charge in [0.05, 0.1) is 12.7 Å². The maximum atomic E-state index is 11.3. The van der Waals surface area contributed by atoms with Gasteiger partial charge in [-0.3, -0.25) is 0 Å². The number of hydrogen-bond acceptors (Lipinski definition) is 4. The Morgan fingerprint density at radius 3 is 1.65 bits per heavy atom. The van der Waals surface area contributed by atoms with Crippen LogP contribution in [-0.4, -0.2) is 35.2 Å². The van der Waals surface area contributed by atoms with E-state index >= 15 is 0 Å². The number of ether oxygens (including phenoxy) is 1. The SMILES string of the molecule is C=C(C=CC(=O)O)C(=O)OC.CCCCCCCCC=C(CCCCCCCCCC)C(=O)O. The zero-order valence-electron chi connectivity index (χ0n) is 21.8. The van der Waals surface area contributed by atoms with E-state index in [1.165, 1.54) is 84.2 Å². The molecular formula is C28H48O6. The van der Waals surface area contributed by atoms with Crippen LogP contribution in [0.25, 0.3) is 0 Å². The maximum absolute atomic E-state index is 11.3. The number of unbranched alkanes of at least 4 members (excludes halogenated alkanes) is 13. The first kappa shape index (κ1) is 33.8. The van der Waals surface area contributed by atoms with Gasteiger partial charge in [0.2, 0.25) is 0 Å². The molecule has 0 heterocycles. The smallest absolute Gasteiger partial charge is 0.337 e.